The van der Waals surface area contributed by atoms with Gasteiger partial charge in [0.25, 0.3) is 5.91 Å². The molecule has 1 aliphatic rings. The predicted molar refractivity (Wildman–Crippen MR) is 82.8 cm³/mol. The number of aryl methyl sites for hydroxylation is 1. The van der Waals surface area contributed by atoms with E-state index in [1.54, 1.807) is 18.2 Å². The molecule has 0 aromatic heterocycles. The fourth-order valence-corrected chi connectivity index (χ4v) is 1.81. The first-order valence-electron chi connectivity index (χ1n) is 7.16. The Morgan fingerprint density at radius 3 is 2.59 bits per heavy atom. The van der Waals surface area contributed by atoms with Gasteiger partial charge < -0.3 is 21.3 Å². The minimum atomic E-state index is -0.494. The van der Waals surface area contributed by atoms with E-state index in [0.717, 1.165) is 18.4 Å². The number of nitrogens with one attached hydrogen (secondary N) is 4. The molecule has 4 N–H and O–H groups in total. The van der Waals surface area contributed by atoms with Crippen LogP contribution in [0.15, 0.2) is 18.2 Å². The van der Waals surface area contributed by atoms with E-state index in [1.807, 2.05) is 6.92 Å². The Morgan fingerprint density at radius 2 is 1.95 bits per heavy atom. The smallest absolute Gasteiger partial charge is 0.319 e. The quantitative estimate of drug-likeness (QED) is 0.646. The molecular formula is C15H20N4O3. The molecule has 0 spiro atoms. The maximum Gasteiger partial charge on any atom is 0.319 e. The third-order valence-electron chi connectivity index (χ3n) is 3.35. The molecule has 4 amide bonds. The number of urea groups is 1. The molecule has 0 radical (unpaired) electrons. The number of anilines is 1. The number of benzene rings is 1. The van der Waals surface area contributed by atoms with Crippen molar-refractivity contribution in [3.05, 3.63) is 29.3 Å². The van der Waals surface area contributed by atoms with E-state index in [0.29, 0.717) is 11.3 Å². The fourth-order valence-electron chi connectivity index (χ4n) is 1.81. The Hall–Kier alpha value is -2.57. The van der Waals surface area contributed by atoms with E-state index in [4.69, 9.17) is 0 Å². The van der Waals surface area contributed by atoms with Gasteiger partial charge in [-0.1, -0.05) is 6.07 Å². The second-order valence-electron chi connectivity index (χ2n) is 5.26. The second-order valence-corrected chi connectivity index (χ2v) is 5.26. The first-order chi connectivity index (χ1) is 10.5. The third-order valence-corrected chi connectivity index (χ3v) is 3.35. The summed E-state index contributed by atoms with van der Waals surface area (Å²) in [6, 6.07) is 4.91. The summed E-state index contributed by atoms with van der Waals surface area (Å²) < 4.78 is 0. The molecule has 2 rings (SSSR count). The number of hydrogen-bond acceptors (Lipinski definition) is 3. The van der Waals surface area contributed by atoms with Gasteiger partial charge in [0.05, 0.1) is 6.54 Å². The van der Waals surface area contributed by atoms with Gasteiger partial charge in [-0.15, -0.1) is 0 Å². The SMILES string of the molecule is CNC(=O)CNC(=O)Nc1cc(C(=O)NC2CC2)ccc1C. The van der Waals surface area contributed by atoms with Crippen LogP contribution in [0.1, 0.15) is 28.8 Å². The van der Waals surface area contributed by atoms with Gasteiger partial charge in [-0.05, 0) is 37.5 Å². The minimum Gasteiger partial charge on any atom is -0.358 e. The van der Waals surface area contributed by atoms with Gasteiger partial charge in [0.1, 0.15) is 0 Å². The minimum absolute atomic E-state index is 0.108. The van der Waals surface area contributed by atoms with Crippen molar-refractivity contribution >= 4 is 23.5 Å². The molecule has 0 heterocycles. The summed E-state index contributed by atoms with van der Waals surface area (Å²) >= 11 is 0. The van der Waals surface area contributed by atoms with Gasteiger partial charge in [-0.2, -0.15) is 0 Å². The van der Waals surface area contributed by atoms with Gasteiger partial charge in [-0.3, -0.25) is 9.59 Å². The molecule has 0 saturated heterocycles. The first-order valence-corrected chi connectivity index (χ1v) is 7.16. The van der Waals surface area contributed by atoms with Crippen LogP contribution in [0.5, 0.6) is 0 Å². The van der Waals surface area contributed by atoms with Crippen LogP contribution in [0.3, 0.4) is 0 Å². The largest absolute Gasteiger partial charge is 0.358 e. The molecule has 1 fully saturated rings. The van der Waals surface area contributed by atoms with E-state index in [1.165, 1.54) is 7.05 Å². The van der Waals surface area contributed by atoms with Crippen LogP contribution in [0.25, 0.3) is 0 Å². The van der Waals surface area contributed by atoms with Crippen LogP contribution < -0.4 is 21.3 Å². The van der Waals surface area contributed by atoms with E-state index in [2.05, 4.69) is 21.3 Å². The standard InChI is InChI=1S/C15H20N4O3/c1-9-3-4-10(14(21)18-11-5-6-11)7-12(9)19-15(22)17-8-13(20)16-2/h3-4,7,11H,5-6,8H2,1-2H3,(H,16,20)(H,18,21)(H2,17,19,22). The molecule has 1 aromatic rings. The van der Waals surface area contributed by atoms with Crippen molar-refractivity contribution in [3.63, 3.8) is 0 Å². The summed E-state index contributed by atoms with van der Waals surface area (Å²) in [5, 5.41) is 10.4. The summed E-state index contributed by atoms with van der Waals surface area (Å²) in [6.45, 7) is 1.72. The Balaban J connectivity index is 1.98. The van der Waals surface area contributed by atoms with E-state index in [9.17, 15) is 14.4 Å². The van der Waals surface area contributed by atoms with Crippen LogP contribution in [-0.2, 0) is 4.79 Å². The van der Waals surface area contributed by atoms with Crippen molar-refractivity contribution in [2.75, 3.05) is 18.9 Å². The molecule has 0 aliphatic heterocycles. The third kappa shape index (κ3) is 4.47. The Bertz CT molecular complexity index is 596. The van der Waals surface area contributed by atoms with Gasteiger partial charge in [0, 0.05) is 24.3 Å². The molecule has 22 heavy (non-hydrogen) atoms. The monoisotopic (exact) mass is 304 g/mol. The van der Waals surface area contributed by atoms with Crippen LogP contribution >= 0.6 is 0 Å². The van der Waals surface area contributed by atoms with E-state index < -0.39 is 6.03 Å². The predicted octanol–water partition coefficient (Wildman–Crippen LogP) is 0.755. The van der Waals surface area contributed by atoms with Crippen LogP contribution in [0, 0.1) is 6.92 Å². The average molecular weight is 304 g/mol. The van der Waals surface area contributed by atoms with Crippen molar-refractivity contribution in [3.8, 4) is 0 Å². The zero-order valence-electron chi connectivity index (χ0n) is 12.7. The molecule has 1 aromatic carbocycles. The highest BCUT2D eigenvalue weighted by Gasteiger charge is 2.24. The van der Waals surface area contributed by atoms with Crippen LogP contribution in [0.4, 0.5) is 10.5 Å². The second kappa shape index (κ2) is 6.93. The summed E-state index contributed by atoms with van der Waals surface area (Å²) in [7, 11) is 1.49. The Labute approximate surface area is 128 Å². The zero-order chi connectivity index (χ0) is 16.1. The van der Waals surface area contributed by atoms with Crippen LogP contribution in [-0.4, -0.2) is 37.5 Å². The molecule has 7 heteroatoms. The lowest BCUT2D eigenvalue weighted by molar-refractivity contribution is -0.119. The lowest BCUT2D eigenvalue weighted by Gasteiger charge is -2.11. The molecule has 7 nitrogen and oxygen atoms in total. The molecule has 0 atom stereocenters. The number of carbonyl (C=O) groups excluding carboxylic acids is 3. The Morgan fingerprint density at radius 1 is 1.23 bits per heavy atom. The van der Waals surface area contributed by atoms with Crippen molar-refractivity contribution in [2.24, 2.45) is 0 Å². The summed E-state index contributed by atoms with van der Waals surface area (Å²) in [5.74, 6) is -0.430. The van der Waals surface area contributed by atoms with Gasteiger partial charge >= 0.3 is 6.03 Å². The highest BCUT2D eigenvalue weighted by atomic mass is 16.2. The van der Waals surface area contributed by atoms with Gasteiger partial charge in [0.15, 0.2) is 0 Å². The topological polar surface area (TPSA) is 99.3 Å². The molecule has 1 saturated carbocycles. The lowest BCUT2D eigenvalue weighted by atomic mass is 10.1. The maximum atomic E-state index is 12.0. The summed E-state index contributed by atoms with van der Waals surface area (Å²) in [5.41, 5.74) is 1.87. The molecule has 118 valence electrons. The van der Waals surface area contributed by atoms with Gasteiger partial charge in [-0.25, -0.2) is 4.79 Å². The zero-order valence-corrected chi connectivity index (χ0v) is 12.7. The Kier molecular flexibility index (Phi) is 4.98. The highest BCUT2D eigenvalue weighted by molar-refractivity contribution is 5.98. The number of likely N-dealkylation sites (N-methyl/N-ethyl adjacent to an activating group) is 1. The maximum absolute atomic E-state index is 12.0. The normalized spacial score (nSPS) is 13.2. The van der Waals surface area contributed by atoms with Crippen molar-refractivity contribution in [1.29, 1.82) is 0 Å². The number of carbonyl (C=O) groups is 3. The van der Waals surface area contributed by atoms with E-state index >= 15 is 0 Å². The van der Waals surface area contributed by atoms with E-state index in [-0.39, 0.29) is 24.4 Å². The van der Waals surface area contributed by atoms with Crippen LogP contribution in [0.2, 0.25) is 0 Å². The van der Waals surface area contributed by atoms with Crippen molar-refractivity contribution < 1.29 is 14.4 Å². The molecule has 0 bridgehead atoms. The summed E-state index contributed by atoms with van der Waals surface area (Å²) in [4.78, 5) is 34.8. The van der Waals surface area contributed by atoms with Gasteiger partial charge in [0.2, 0.25) is 5.91 Å². The first kappa shape index (κ1) is 15.8. The number of rotatable bonds is 5. The fraction of sp³-hybridized carbons (Fsp3) is 0.400. The molecule has 1 aliphatic carbocycles. The lowest BCUT2D eigenvalue weighted by Crippen LogP contribution is -2.37. The average Bonchev–Trinajstić information content (AvgIpc) is 3.30. The highest BCUT2D eigenvalue weighted by Crippen LogP contribution is 2.21. The summed E-state index contributed by atoms with van der Waals surface area (Å²) in [6.07, 6.45) is 2.04. The number of amides is 4. The number of hydrogen-bond donors (Lipinski definition) is 4. The van der Waals surface area contributed by atoms with Crippen molar-refractivity contribution in [2.45, 2.75) is 25.8 Å². The van der Waals surface area contributed by atoms with Crippen molar-refractivity contribution in [1.82, 2.24) is 16.0 Å². The molecular weight excluding hydrogens is 284 g/mol. The molecule has 0 unspecified atom stereocenters.